The van der Waals surface area contributed by atoms with Gasteiger partial charge in [0.25, 0.3) is 0 Å². The van der Waals surface area contributed by atoms with E-state index in [1.165, 1.54) is 29.2 Å². The number of aromatic nitrogens is 2. The van der Waals surface area contributed by atoms with Crippen LogP contribution in [0.3, 0.4) is 0 Å². The van der Waals surface area contributed by atoms with E-state index in [0.29, 0.717) is 12.6 Å². The Bertz CT molecular complexity index is 618. The van der Waals surface area contributed by atoms with Gasteiger partial charge in [0.1, 0.15) is 5.82 Å². The summed E-state index contributed by atoms with van der Waals surface area (Å²) in [7, 11) is 0. The van der Waals surface area contributed by atoms with Crippen molar-refractivity contribution in [2.24, 2.45) is 5.92 Å². The Morgan fingerprint density at radius 2 is 2.27 bits per heavy atom. The van der Waals surface area contributed by atoms with E-state index in [1.54, 1.807) is 0 Å². The molecule has 0 aromatic carbocycles. The molecule has 1 saturated carbocycles. The van der Waals surface area contributed by atoms with Crippen LogP contribution in [0, 0.1) is 5.92 Å². The third-order valence-corrected chi connectivity index (χ3v) is 5.60. The average molecular weight is 317 g/mol. The highest BCUT2D eigenvalue weighted by atomic mass is 32.1. The molecule has 0 N–H and O–H groups in total. The summed E-state index contributed by atoms with van der Waals surface area (Å²) in [6.07, 6.45) is 4.70. The first-order chi connectivity index (χ1) is 10.8. The predicted octanol–water partition coefficient (Wildman–Crippen LogP) is 3.45. The number of thiophene rings is 1. The van der Waals surface area contributed by atoms with E-state index >= 15 is 0 Å². The Labute approximate surface area is 135 Å². The maximum atomic E-state index is 5.84. The van der Waals surface area contributed by atoms with Crippen molar-refractivity contribution in [1.82, 2.24) is 14.5 Å². The molecule has 1 aliphatic carbocycles. The lowest BCUT2D eigenvalue weighted by Gasteiger charge is -2.34. The maximum Gasteiger partial charge on any atom is 0.126 e. The van der Waals surface area contributed by atoms with Crippen LogP contribution >= 0.6 is 11.3 Å². The first-order valence-electron chi connectivity index (χ1n) is 8.19. The van der Waals surface area contributed by atoms with Crippen LogP contribution in [0.1, 0.15) is 42.2 Å². The summed E-state index contributed by atoms with van der Waals surface area (Å²) in [5.41, 5.74) is 1.23. The molecule has 1 aliphatic heterocycles. The minimum atomic E-state index is 0.369. The first-order valence-corrected chi connectivity index (χ1v) is 9.07. The Balaban J connectivity index is 1.42. The third-order valence-electron chi connectivity index (χ3n) is 4.74. The highest BCUT2D eigenvalue weighted by molar-refractivity contribution is 7.09. The lowest BCUT2D eigenvalue weighted by molar-refractivity contribution is 0.101. The molecule has 0 amide bonds. The predicted molar refractivity (Wildman–Crippen MR) is 87.8 cm³/mol. The molecule has 3 heterocycles. The number of fused-ring (bicyclic) bond motifs is 1. The lowest BCUT2D eigenvalue weighted by atomic mass is 10.2. The van der Waals surface area contributed by atoms with Crippen molar-refractivity contribution in [1.29, 1.82) is 0 Å². The van der Waals surface area contributed by atoms with Gasteiger partial charge in [0, 0.05) is 31.1 Å². The molecule has 22 heavy (non-hydrogen) atoms. The van der Waals surface area contributed by atoms with Crippen molar-refractivity contribution in [3.63, 3.8) is 0 Å². The third kappa shape index (κ3) is 2.98. The van der Waals surface area contributed by atoms with Crippen LogP contribution in [-0.2, 0) is 24.4 Å². The molecule has 1 unspecified atom stereocenters. The second kappa shape index (κ2) is 6.14. The second-order valence-electron chi connectivity index (χ2n) is 6.44. The zero-order chi connectivity index (χ0) is 14.9. The van der Waals surface area contributed by atoms with Gasteiger partial charge in [0.2, 0.25) is 0 Å². The minimum absolute atomic E-state index is 0.369. The van der Waals surface area contributed by atoms with Gasteiger partial charge in [0.15, 0.2) is 0 Å². The van der Waals surface area contributed by atoms with Crippen molar-refractivity contribution in [2.75, 3.05) is 13.2 Å². The topological polar surface area (TPSA) is 30.3 Å². The van der Waals surface area contributed by atoms with Crippen molar-refractivity contribution < 1.29 is 4.74 Å². The highest BCUT2D eigenvalue weighted by Crippen LogP contribution is 2.30. The lowest BCUT2D eigenvalue weighted by Crippen LogP contribution is -2.37. The van der Waals surface area contributed by atoms with Crippen molar-refractivity contribution >= 4 is 11.3 Å². The van der Waals surface area contributed by atoms with Gasteiger partial charge in [-0.15, -0.1) is 11.3 Å². The largest absolute Gasteiger partial charge is 0.375 e. The molecular formula is C17H23N3OS. The molecule has 118 valence electrons. The smallest absolute Gasteiger partial charge is 0.126 e. The second-order valence-corrected chi connectivity index (χ2v) is 7.48. The number of nitrogens with zero attached hydrogens (tertiary/aromatic N) is 3. The van der Waals surface area contributed by atoms with Gasteiger partial charge >= 0.3 is 0 Å². The molecule has 4 rings (SSSR count). The standard InChI is InChI=1S/C17H23N3OS/c1-13-17-18-9-15(12-21-11-14-4-5-14)20(17)7-6-19(13)10-16-3-2-8-22-16/h2-3,8-9,13-14H,4-7,10-12H2,1H3. The Morgan fingerprint density at radius 3 is 3.05 bits per heavy atom. The van der Waals surface area contributed by atoms with Gasteiger partial charge in [0.05, 0.1) is 24.5 Å². The fourth-order valence-corrected chi connectivity index (χ4v) is 3.88. The van der Waals surface area contributed by atoms with Crippen LogP contribution in [-0.4, -0.2) is 27.6 Å². The molecule has 0 bridgehead atoms. The number of rotatable bonds is 6. The summed E-state index contributed by atoms with van der Waals surface area (Å²) >= 11 is 1.84. The number of hydrogen-bond donors (Lipinski definition) is 0. The van der Waals surface area contributed by atoms with Crippen LogP contribution < -0.4 is 0 Å². The van der Waals surface area contributed by atoms with Crippen molar-refractivity contribution in [3.8, 4) is 0 Å². The first kappa shape index (κ1) is 14.4. The normalized spacial score (nSPS) is 22.0. The molecular weight excluding hydrogens is 294 g/mol. The zero-order valence-corrected chi connectivity index (χ0v) is 13.9. The SMILES string of the molecule is CC1c2ncc(COCC3CC3)n2CCN1Cc1cccs1. The summed E-state index contributed by atoms with van der Waals surface area (Å²) in [4.78, 5) is 8.62. The van der Waals surface area contributed by atoms with Gasteiger partial charge in [-0.3, -0.25) is 4.90 Å². The van der Waals surface area contributed by atoms with Crippen LogP contribution in [0.2, 0.25) is 0 Å². The highest BCUT2D eigenvalue weighted by Gasteiger charge is 2.27. The molecule has 1 atom stereocenters. The van der Waals surface area contributed by atoms with E-state index in [0.717, 1.165) is 32.2 Å². The maximum absolute atomic E-state index is 5.84. The van der Waals surface area contributed by atoms with Gasteiger partial charge in [-0.2, -0.15) is 0 Å². The number of imidazole rings is 1. The number of hydrogen-bond acceptors (Lipinski definition) is 4. The average Bonchev–Trinajstić information content (AvgIpc) is 3.03. The summed E-state index contributed by atoms with van der Waals surface area (Å²) in [5, 5.41) is 2.15. The Morgan fingerprint density at radius 1 is 1.36 bits per heavy atom. The summed E-state index contributed by atoms with van der Waals surface area (Å²) in [5.74, 6) is 2.01. The van der Waals surface area contributed by atoms with Crippen LogP contribution in [0.4, 0.5) is 0 Å². The van der Waals surface area contributed by atoms with Crippen molar-refractivity contribution in [2.45, 2.75) is 45.5 Å². The molecule has 1 fully saturated rings. The van der Waals surface area contributed by atoms with Crippen LogP contribution in [0.15, 0.2) is 23.7 Å². The van der Waals surface area contributed by atoms with Gasteiger partial charge < -0.3 is 9.30 Å². The quantitative estimate of drug-likeness (QED) is 0.817. The molecule has 4 nitrogen and oxygen atoms in total. The fraction of sp³-hybridized carbons (Fsp3) is 0.588. The molecule has 0 spiro atoms. The summed E-state index contributed by atoms with van der Waals surface area (Å²) < 4.78 is 8.21. The van der Waals surface area contributed by atoms with E-state index in [1.807, 2.05) is 17.5 Å². The Kier molecular flexibility index (Phi) is 4.03. The van der Waals surface area contributed by atoms with E-state index in [-0.39, 0.29) is 0 Å². The van der Waals surface area contributed by atoms with Crippen molar-refractivity contribution in [3.05, 3.63) is 40.1 Å². The molecule has 2 aromatic rings. The molecule has 2 aliphatic rings. The van der Waals surface area contributed by atoms with E-state index < -0.39 is 0 Å². The monoisotopic (exact) mass is 317 g/mol. The molecule has 2 aromatic heterocycles. The zero-order valence-electron chi connectivity index (χ0n) is 13.1. The molecule has 5 heteroatoms. The summed E-state index contributed by atoms with van der Waals surface area (Å²) in [6, 6.07) is 4.72. The van der Waals surface area contributed by atoms with E-state index in [2.05, 4.69) is 38.9 Å². The Hall–Kier alpha value is -1.17. The fourth-order valence-electron chi connectivity index (χ4n) is 3.15. The molecule has 0 saturated heterocycles. The van der Waals surface area contributed by atoms with Gasteiger partial charge in [-0.05, 0) is 37.1 Å². The van der Waals surface area contributed by atoms with Gasteiger partial charge in [-0.25, -0.2) is 4.98 Å². The molecule has 0 radical (unpaired) electrons. The van der Waals surface area contributed by atoms with Gasteiger partial charge in [-0.1, -0.05) is 6.07 Å². The van der Waals surface area contributed by atoms with Crippen LogP contribution in [0.25, 0.3) is 0 Å². The van der Waals surface area contributed by atoms with E-state index in [4.69, 9.17) is 4.74 Å². The minimum Gasteiger partial charge on any atom is -0.375 e. The summed E-state index contributed by atoms with van der Waals surface area (Å²) in [6.45, 7) is 7.02. The number of ether oxygens (including phenoxy) is 1. The van der Waals surface area contributed by atoms with Crippen LogP contribution in [0.5, 0.6) is 0 Å². The van der Waals surface area contributed by atoms with E-state index in [9.17, 15) is 0 Å².